The zero-order valence-corrected chi connectivity index (χ0v) is 12.2. The van der Waals surface area contributed by atoms with Crippen molar-refractivity contribution in [1.82, 2.24) is 5.32 Å². The third kappa shape index (κ3) is 3.08. The zero-order valence-electron chi connectivity index (χ0n) is 10.6. The number of nitrogens with one attached hydrogen (secondary N) is 1. The molecule has 0 aromatic heterocycles. The molecule has 2 rings (SSSR count). The minimum atomic E-state index is -0.413. The summed E-state index contributed by atoms with van der Waals surface area (Å²) in [5, 5.41) is 2.50. The fourth-order valence-corrected chi connectivity index (χ4v) is 1.93. The summed E-state index contributed by atoms with van der Waals surface area (Å²) in [5.74, 6) is 0.00674. The maximum atomic E-state index is 13.2. The Morgan fingerprint density at radius 2 is 2.00 bits per heavy atom. The highest BCUT2D eigenvalue weighted by molar-refractivity contribution is 9.10. The van der Waals surface area contributed by atoms with E-state index in [1.165, 1.54) is 25.2 Å². The van der Waals surface area contributed by atoms with Crippen LogP contribution in [0.3, 0.4) is 0 Å². The van der Waals surface area contributed by atoms with E-state index in [2.05, 4.69) is 21.2 Å². The van der Waals surface area contributed by atoms with Gasteiger partial charge in [0, 0.05) is 18.7 Å². The number of hydrogen-bond donors (Lipinski definition) is 2. The van der Waals surface area contributed by atoms with Crippen LogP contribution in [0.15, 0.2) is 40.9 Å². The number of ether oxygens (including phenoxy) is 1. The number of rotatable bonds is 3. The minimum absolute atomic E-state index is 0.241. The highest BCUT2D eigenvalue weighted by Gasteiger charge is 2.10. The molecule has 0 fully saturated rings. The summed E-state index contributed by atoms with van der Waals surface area (Å²) in [7, 11) is 1.53. The van der Waals surface area contributed by atoms with Crippen molar-refractivity contribution in [3.05, 3.63) is 52.3 Å². The second-order valence-electron chi connectivity index (χ2n) is 4.01. The minimum Gasteiger partial charge on any atom is -0.454 e. The molecule has 0 unspecified atom stereocenters. The number of carbonyl (C=O) groups is 1. The number of anilines is 1. The first-order valence-electron chi connectivity index (χ1n) is 5.76. The lowest BCUT2D eigenvalue weighted by Crippen LogP contribution is -2.17. The third-order valence-electron chi connectivity index (χ3n) is 2.61. The van der Waals surface area contributed by atoms with Crippen LogP contribution in [0, 0.1) is 5.82 Å². The average molecular weight is 339 g/mol. The van der Waals surface area contributed by atoms with Crippen LogP contribution in [0.5, 0.6) is 11.5 Å². The van der Waals surface area contributed by atoms with Crippen molar-refractivity contribution in [2.75, 3.05) is 12.8 Å². The highest BCUT2D eigenvalue weighted by Crippen LogP contribution is 2.33. The molecule has 6 heteroatoms. The van der Waals surface area contributed by atoms with Crippen LogP contribution in [0.25, 0.3) is 0 Å². The summed E-state index contributed by atoms with van der Waals surface area (Å²) in [4.78, 5) is 11.5. The lowest BCUT2D eigenvalue weighted by atomic mass is 10.2. The summed E-state index contributed by atoms with van der Waals surface area (Å²) >= 11 is 3.26. The number of nitrogens with two attached hydrogens (primary N) is 1. The predicted molar refractivity (Wildman–Crippen MR) is 78.4 cm³/mol. The van der Waals surface area contributed by atoms with Gasteiger partial charge in [-0.25, -0.2) is 4.39 Å². The van der Waals surface area contributed by atoms with Crippen molar-refractivity contribution in [1.29, 1.82) is 0 Å². The Balaban J connectivity index is 2.30. The van der Waals surface area contributed by atoms with E-state index in [9.17, 15) is 9.18 Å². The number of hydrogen-bond acceptors (Lipinski definition) is 3. The quantitative estimate of drug-likeness (QED) is 0.843. The van der Waals surface area contributed by atoms with Crippen LogP contribution in [0.1, 0.15) is 10.4 Å². The van der Waals surface area contributed by atoms with E-state index in [0.717, 1.165) is 0 Å². The van der Waals surface area contributed by atoms with E-state index < -0.39 is 5.82 Å². The van der Waals surface area contributed by atoms with Gasteiger partial charge in [0.05, 0.1) is 10.2 Å². The van der Waals surface area contributed by atoms with E-state index in [1.807, 2.05) is 0 Å². The summed E-state index contributed by atoms with van der Waals surface area (Å²) in [6.07, 6.45) is 0. The monoisotopic (exact) mass is 338 g/mol. The number of amides is 1. The summed E-state index contributed by atoms with van der Waals surface area (Å²) < 4.78 is 19.3. The number of halogens is 2. The van der Waals surface area contributed by atoms with Gasteiger partial charge in [0.15, 0.2) is 0 Å². The third-order valence-corrected chi connectivity index (χ3v) is 3.27. The first-order valence-corrected chi connectivity index (χ1v) is 6.55. The van der Waals surface area contributed by atoms with Gasteiger partial charge in [0.1, 0.15) is 17.3 Å². The predicted octanol–water partition coefficient (Wildman–Crippen LogP) is 3.32. The number of benzene rings is 2. The lowest BCUT2D eigenvalue weighted by Gasteiger charge is -2.11. The molecule has 0 aliphatic carbocycles. The number of nitrogen functional groups attached to an aromatic ring is 1. The van der Waals surface area contributed by atoms with Crippen molar-refractivity contribution in [2.45, 2.75) is 0 Å². The molecule has 0 radical (unpaired) electrons. The number of carbonyl (C=O) groups excluding carboxylic acids is 1. The topological polar surface area (TPSA) is 64.3 Å². The smallest absolute Gasteiger partial charge is 0.251 e. The van der Waals surface area contributed by atoms with Crippen molar-refractivity contribution in [2.24, 2.45) is 0 Å². The Bertz CT molecular complexity index is 662. The molecule has 0 saturated carbocycles. The van der Waals surface area contributed by atoms with E-state index in [0.29, 0.717) is 27.2 Å². The average Bonchev–Trinajstić information content (AvgIpc) is 2.44. The van der Waals surface area contributed by atoms with Gasteiger partial charge in [0.25, 0.3) is 5.91 Å². The molecule has 0 bridgehead atoms. The van der Waals surface area contributed by atoms with Gasteiger partial charge in [-0.15, -0.1) is 0 Å². The van der Waals surface area contributed by atoms with Crippen molar-refractivity contribution in [3.63, 3.8) is 0 Å². The van der Waals surface area contributed by atoms with Crippen molar-refractivity contribution < 1.29 is 13.9 Å². The van der Waals surface area contributed by atoms with Crippen molar-refractivity contribution in [3.8, 4) is 11.5 Å². The molecule has 0 heterocycles. The van der Waals surface area contributed by atoms with Crippen LogP contribution in [0.4, 0.5) is 10.1 Å². The normalized spacial score (nSPS) is 10.2. The zero-order chi connectivity index (χ0) is 14.7. The van der Waals surface area contributed by atoms with E-state index in [4.69, 9.17) is 10.5 Å². The molecule has 0 atom stereocenters. The van der Waals surface area contributed by atoms with Crippen LogP contribution < -0.4 is 15.8 Å². The summed E-state index contributed by atoms with van der Waals surface area (Å²) in [5.41, 5.74) is 6.56. The molecule has 104 valence electrons. The van der Waals surface area contributed by atoms with Crippen LogP contribution in [0.2, 0.25) is 0 Å². The Morgan fingerprint density at radius 1 is 1.25 bits per heavy atom. The SMILES string of the molecule is CNC(=O)c1ccc(Oc2cc(F)ccc2Br)c(N)c1. The maximum absolute atomic E-state index is 13.2. The molecular formula is C14H12BrFN2O2. The van der Waals surface area contributed by atoms with E-state index in [-0.39, 0.29) is 5.91 Å². The van der Waals surface area contributed by atoms with Gasteiger partial charge in [-0.2, -0.15) is 0 Å². The molecule has 0 saturated heterocycles. The van der Waals surface area contributed by atoms with Gasteiger partial charge in [-0.3, -0.25) is 4.79 Å². The van der Waals surface area contributed by atoms with E-state index >= 15 is 0 Å². The fraction of sp³-hybridized carbons (Fsp3) is 0.0714. The maximum Gasteiger partial charge on any atom is 0.251 e. The van der Waals surface area contributed by atoms with Crippen LogP contribution >= 0.6 is 15.9 Å². The molecule has 0 spiro atoms. The summed E-state index contributed by atoms with van der Waals surface area (Å²) in [6.45, 7) is 0. The van der Waals surface area contributed by atoms with Crippen LogP contribution in [-0.4, -0.2) is 13.0 Å². The first-order chi connectivity index (χ1) is 9.51. The van der Waals surface area contributed by atoms with Gasteiger partial charge in [-0.1, -0.05) is 0 Å². The Kier molecular flexibility index (Phi) is 4.24. The molecule has 2 aromatic rings. The Hall–Kier alpha value is -2.08. The van der Waals surface area contributed by atoms with Crippen molar-refractivity contribution >= 4 is 27.5 Å². The molecule has 4 nitrogen and oxygen atoms in total. The van der Waals surface area contributed by atoms with Gasteiger partial charge in [0.2, 0.25) is 0 Å². The first kappa shape index (κ1) is 14.3. The second kappa shape index (κ2) is 5.92. The Morgan fingerprint density at radius 3 is 2.65 bits per heavy atom. The molecule has 20 heavy (non-hydrogen) atoms. The van der Waals surface area contributed by atoms with Gasteiger partial charge in [-0.05, 0) is 46.3 Å². The molecule has 3 N–H and O–H groups in total. The highest BCUT2D eigenvalue weighted by atomic mass is 79.9. The summed E-state index contributed by atoms with van der Waals surface area (Å²) in [6, 6.07) is 8.75. The Labute approximate surface area is 123 Å². The standard InChI is InChI=1S/C14H12BrFN2O2/c1-18-14(19)8-2-5-12(11(17)6-8)20-13-7-9(16)3-4-10(13)15/h2-7H,17H2,1H3,(H,18,19). The molecule has 1 amide bonds. The lowest BCUT2D eigenvalue weighted by molar-refractivity contribution is 0.0963. The van der Waals surface area contributed by atoms with Crippen LogP contribution in [-0.2, 0) is 0 Å². The molecule has 2 aromatic carbocycles. The fourth-order valence-electron chi connectivity index (χ4n) is 1.60. The van der Waals surface area contributed by atoms with Gasteiger partial charge >= 0.3 is 0 Å². The molecule has 0 aliphatic rings. The molecular weight excluding hydrogens is 327 g/mol. The second-order valence-corrected chi connectivity index (χ2v) is 4.86. The largest absolute Gasteiger partial charge is 0.454 e. The van der Waals surface area contributed by atoms with E-state index in [1.54, 1.807) is 18.2 Å². The molecule has 0 aliphatic heterocycles. The van der Waals surface area contributed by atoms with Gasteiger partial charge < -0.3 is 15.8 Å².